The van der Waals surface area contributed by atoms with E-state index >= 15 is 0 Å². The van der Waals surface area contributed by atoms with E-state index in [1.54, 1.807) is 6.07 Å². The molecule has 0 aliphatic rings. The van der Waals surface area contributed by atoms with Crippen LogP contribution in [0.5, 0.6) is 0 Å². The van der Waals surface area contributed by atoms with E-state index in [-0.39, 0.29) is 30.0 Å². The fraction of sp³-hybridized carbons (Fsp3) is 0.273. The monoisotopic (exact) mass is 400 g/mol. The van der Waals surface area contributed by atoms with E-state index < -0.39 is 5.82 Å². The number of aliphatic hydroxyl groups excluding tert-OH is 1. The number of hydrogen-bond acceptors (Lipinski definition) is 3. The van der Waals surface area contributed by atoms with Crippen LogP contribution in [0, 0.1) is 5.82 Å². The molecular formula is C22H22ClFN2O2. The summed E-state index contributed by atoms with van der Waals surface area (Å²) in [6.45, 7) is 3.87. The predicted molar refractivity (Wildman–Crippen MR) is 110 cm³/mol. The average molecular weight is 401 g/mol. The maximum Gasteiger partial charge on any atom is 0.224 e. The van der Waals surface area contributed by atoms with Crippen LogP contribution in [-0.2, 0) is 17.6 Å². The highest BCUT2D eigenvalue weighted by molar-refractivity contribution is 6.31. The first-order chi connectivity index (χ1) is 13.4. The van der Waals surface area contributed by atoms with Gasteiger partial charge in [0, 0.05) is 23.6 Å². The van der Waals surface area contributed by atoms with Crippen molar-refractivity contribution in [2.45, 2.75) is 32.7 Å². The highest BCUT2D eigenvalue weighted by atomic mass is 35.5. The van der Waals surface area contributed by atoms with Crippen molar-refractivity contribution in [3.8, 4) is 11.3 Å². The lowest BCUT2D eigenvalue weighted by Crippen LogP contribution is -2.31. The van der Waals surface area contributed by atoms with Gasteiger partial charge in [0.15, 0.2) is 0 Å². The maximum atomic E-state index is 13.6. The van der Waals surface area contributed by atoms with E-state index in [9.17, 15) is 14.3 Å². The molecular weight excluding hydrogens is 379 g/mol. The summed E-state index contributed by atoms with van der Waals surface area (Å²) in [5.74, 6) is -0.615. The first kappa shape index (κ1) is 20.2. The van der Waals surface area contributed by atoms with Gasteiger partial charge in [-0.15, -0.1) is 0 Å². The molecule has 2 aromatic carbocycles. The summed E-state index contributed by atoms with van der Waals surface area (Å²) in [7, 11) is 0. The molecule has 3 rings (SSSR count). The smallest absolute Gasteiger partial charge is 0.224 e. The van der Waals surface area contributed by atoms with Gasteiger partial charge >= 0.3 is 0 Å². The van der Waals surface area contributed by atoms with E-state index in [1.807, 2.05) is 38.1 Å². The number of carbonyl (C=O) groups is 1. The van der Waals surface area contributed by atoms with Crippen molar-refractivity contribution in [1.82, 2.24) is 10.3 Å². The summed E-state index contributed by atoms with van der Waals surface area (Å²) < 4.78 is 13.6. The van der Waals surface area contributed by atoms with Crippen LogP contribution in [0.3, 0.4) is 0 Å². The Bertz CT molecular complexity index is 1020. The summed E-state index contributed by atoms with van der Waals surface area (Å²) in [5.41, 5.74) is 3.73. The second-order valence-corrected chi connectivity index (χ2v) is 7.43. The minimum Gasteiger partial charge on any atom is -0.396 e. The third-order valence-corrected chi connectivity index (χ3v) is 4.64. The number of halogens is 2. The van der Waals surface area contributed by atoms with Gasteiger partial charge in [-0.3, -0.25) is 4.79 Å². The molecule has 0 aliphatic carbocycles. The van der Waals surface area contributed by atoms with Crippen LogP contribution < -0.4 is 5.32 Å². The number of hydrogen-bond donors (Lipinski definition) is 2. The summed E-state index contributed by atoms with van der Waals surface area (Å²) in [5, 5.41) is 13.0. The number of pyridine rings is 1. The van der Waals surface area contributed by atoms with Crippen LogP contribution >= 0.6 is 11.6 Å². The molecule has 0 unspecified atom stereocenters. The number of carbonyl (C=O) groups excluding carboxylic acids is 1. The Morgan fingerprint density at radius 1 is 1.21 bits per heavy atom. The van der Waals surface area contributed by atoms with Crippen molar-refractivity contribution < 1.29 is 14.3 Å². The second-order valence-electron chi connectivity index (χ2n) is 7.02. The Morgan fingerprint density at radius 2 is 2.00 bits per heavy atom. The average Bonchev–Trinajstić information content (AvgIpc) is 2.63. The highest BCUT2D eigenvalue weighted by Crippen LogP contribution is 2.29. The third kappa shape index (κ3) is 4.66. The Hall–Kier alpha value is -2.50. The summed E-state index contributed by atoms with van der Waals surface area (Å²) in [4.78, 5) is 17.1. The fourth-order valence-electron chi connectivity index (χ4n) is 3.13. The summed E-state index contributed by atoms with van der Waals surface area (Å²) in [6, 6.07) is 12.1. The van der Waals surface area contributed by atoms with Crippen LogP contribution in [0.25, 0.3) is 22.2 Å². The minimum absolute atomic E-state index is 0.00951. The van der Waals surface area contributed by atoms with E-state index in [0.29, 0.717) is 17.7 Å². The number of fused-ring (bicyclic) bond motifs is 1. The maximum absolute atomic E-state index is 13.6. The Labute approximate surface area is 168 Å². The second kappa shape index (κ2) is 8.67. The molecule has 1 heterocycles. The number of aliphatic hydroxyl groups is 1. The van der Waals surface area contributed by atoms with Gasteiger partial charge in [0.05, 0.1) is 22.7 Å². The Balaban J connectivity index is 2.12. The molecule has 0 radical (unpaired) electrons. The summed E-state index contributed by atoms with van der Waals surface area (Å²) >= 11 is 5.96. The van der Waals surface area contributed by atoms with Gasteiger partial charge in [-0.2, -0.15) is 0 Å². The molecule has 1 amide bonds. The van der Waals surface area contributed by atoms with Gasteiger partial charge in [0.1, 0.15) is 5.82 Å². The normalized spacial score (nSPS) is 11.2. The molecule has 1 aromatic heterocycles. The zero-order chi connectivity index (χ0) is 20.3. The molecule has 0 aliphatic heterocycles. The van der Waals surface area contributed by atoms with Gasteiger partial charge in [-0.05, 0) is 67.8 Å². The number of aromatic nitrogens is 1. The molecule has 28 heavy (non-hydrogen) atoms. The Morgan fingerprint density at radius 3 is 2.68 bits per heavy atom. The number of rotatable bonds is 6. The predicted octanol–water partition coefficient (Wildman–Crippen LogP) is 4.30. The number of amides is 1. The van der Waals surface area contributed by atoms with Crippen molar-refractivity contribution in [3.63, 3.8) is 0 Å². The van der Waals surface area contributed by atoms with Crippen molar-refractivity contribution in [3.05, 3.63) is 64.4 Å². The van der Waals surface area contributed by atoms with E-state index in [4.69, 9.17) is 16.6 Å². The van der Waals surface area contributed by atoms with Crippen LogP contribution in [0.1, 0.15) is 25.0 Å². The topological polar surface area (TPSA) is 62.2 Å². The molecule has 6 heteroatoms. The SMILES string of the molecule is CC(C)NC(=O)Cc1cc2cc(CCO)ccc2nc1-c1ccc(F)c(Cl)c1. The molecule has 0 atom stereocenters. The van der Waals surface area contributed by atoms with Gasteiger partial charge in [-0.25, -0.2) is 9.37 Å². The molecule has 0 saturated carbocycles. The molecule has 4 nitrogen and oxygen atoms in total. The first-order valence-corrected chi connectivity index (χ1v) is 9.53. The van der Waals surface area contributed by atoms with E-state index in [0.717, 1.165) is 22.0 Å². The van der Waals surface area contributed by atoms with Gasteiger partial charge in [0.2, 0.25) is 5.91 Å². The van der Waals surface area contributed by atoms with Crippen molar-refractivity contribution in [2.75, 3.05) is 6.61 Å². The number of nitrogens with one attached hydrogen (secondary N) is 1. The number of nitrogens with zero attached hydrogens (tertiary/aromatic N) is 1. The lowest BCUT2D eigenvalue weighted by atomic mass is 9.99. The van der Waals surface area contributed by atoms with Gasteiger partial charge in [0.25, 0.3) is 0 Å². The molecule has 146 valence electrons. The number of benzene rings is 2. The van der Waals surface area contributed by atoms with E-state index in [2.05, 4.69) is 5.32 Å². The largest absolute Gasteiger partial charge is 0.396 e. The lowest BCUT2D eigenvalue weighted by Gasteiger charge is -2.14. The molecule has 0 fully saturated rings. The quantitative estimate of drug-likeness (QED) is 0.648. The van der Waals surface area contributed by atoms with Crippen molar-refractivity contribution in [1.29, 1.82) is 0 Å². The van der Waals surface area contributed by atoms with Gasteiger partial charge in [-0.1, -0.05) is 17.7 Å². The molecule has 0 spiro atoms. The lowest BCUT2D eigenvalue weighted by molar-refractivity contribution is -0.120. The van der Waals surface area contributed by atoms with Crippen LogP contribution in [0.15, 0.2) is 42.5 Å². The molecule has 0 bridgehead atoms. The fourth-order valence-corrected chi connectivity index (χ4v) is 3.31. The third-order valence-electron chi connectivity index (χ3n) is 4.35. The molecule has 3 aromatic rings. The first-order valence-electron chi connectivity index (χ1n) is 9.15. The molecule has 2 N–H and O–H groups in total. The van der Waals surface area contributed by atoms with Crippen molar-refractivity contribution >= 4 is 28.4 Å². The highest BCUT2D eigenvalue weighted by Gasteiger charge is 2.15. The molecule has 0 saturated heterocycles. The van der Waals surface area contributed by atoms with Crippen LogP contribution in [0.4, 0.5) is 4.39 Å². The summed E-state index contributed by atoms with van der Waals surface area (Å²) in [6.07, 6.45) is 0.699. The zero-order valence-electron chi connectivity index (χ0n) is 15.8. The standard InChI is InChI=1S/C22H22ClFN2O2/c1-13(2)25-21(28)12-17-10-16-9-14(7-8-27)3-6-20(16)26-22(17)15-4-5-19(24)18(23)11-15/h3-6,9-11,13,27H,7-8,12H2,1-2H3,(H,25,28). The van der Waals surface area contributed by atoms with E-state index in [1.165, 1.54) is 12.1 Å². The zero-order valence-corrected chi connectivity index (χ0v) is 16.6. The minimum atomic E-state index is -0.501. The van der Waals surface area contributed by atoms with Crippen LogP contribution in [-0.4, -0.2) is 28.6 Å². The van der Waals surface area contributed by atoms with Gasteiger partial charge < -0.3 is 10.4 Å². The van der Waals surface area contributed by atoms with Crippen LogP contribution in [0.2, 0.25) is 5.02 Å². The van der Waals surface area contributed by atoms with Crippen molar-refractivity contribution in [2.24, 2.45) is 0 Å². The Kier molecular flexibility index (Phi) is 6.27.